The third-order valence-corrected chi connectivity index (χ3v) is 4.56. The summed E-state index contributed by atoms with van der Waals surface area (Å²) in [6.07, 6.45) is 0. The summed E-state index contributed by atoms with van der Waals surface area (Å²) in [6.45, 7) is 2.24. The fourth-order valence-electron chi connectivity index (χ4n) is 2.14. The van der Waals surface area contributed by atoms with Crippen molar-refractivity contribution in [2.75, 3.05) is 0 Å². The monoisotopic (exact) mass is 376 g/mol. The lowest BCUT2D eigenvalue weighted by Gasteiger charge is -2.05. The highest BCUT2D eigenvalue weighted by Crippen LogP contribution is 2.27. The van der Waals surface area contributed by atoms with E-state index in [2.05, 4.69) is 26.4 Å². The van der Waals surface area contributed by atoms with Gasteiger partial charge >= 0.3 is 0 Å². The van der Waals surface area contributed by atoms with Gasteiger partial charge in [-0.3, -0.25) is 4.79 Å². The molecule has 0 radical (unpaired) electrons. The second kappa shape index (κ2) is 6.46. The minimum atomic E-state index is -0.179. The van der Waals surface area contributed by atoms with Crippen LogP contribution in [0, 0.1) is 6.92 Å². The second-order valence-electron chi connectivity index (χ2n) is 4.73. The first-order chi connectivity index (χ1) is 10.6. The van der Waals surface area contributed by atoms with Crippen LogP contribution in [0.15, 0.2) is 50.8 Å². The molecule has 3 rings (SSSR count). The first-order valence-electron chi connectivity index (χ1n) is 6.68. The Morgan fingerprint density at radius 1 is 1.36 bits per heavy atom. The summed E-state index contributed by atoms with van der Waals surface area (Å²) in [5, 5.41) is 8.94. The van der Waals surface area contributed by atoms with E-state index < -0.39 is 0 Å². The van der Waals surface area contributed by atoms with Gasteiger partial charge in [-0.2, -0.15) is 0 Å². The minimum Gasteiger partial charge on any atom is -0.360 e. The van der Waals surface area contributed by atoms with Gasteiger partial charge in [0.1, 0.15) is 17.0 Å². The molecule has 1 aromatic carbocycles. The van der Waals surface area contributed by atoms with Crippen LogP contribution in [-0.4, -0.2) is 11.1 Å². The predicted molar refractivity (Wildman–Crippen MR) is 89.9 cm³/mol. The number of halogens is 1. The van der Waals surface area contributed by atoms with Gasteiger partial charge < -0.3 is 9.84 Å². The number of hydrogen-bond acceptors (Lipinski definition) is 4. The van der Waals surface area contributed by atoms with Gasteiger partial charge in [0.2, 0.25) is 0 Å². The van der Waals surface area contributed by atoms with Crippen LogP contribution in [0.5, 0.6) is 0 Å². The molecule has 2 aromatic heterocycles. The van der Waals surface area contributed by atoms with Crippen LogP contribution >= 0.6 is 27.3 Å². The number of amides is 1. The predicted octanol–water partition coefficient (Wildman–Crippen LogP) is 4.40. The Hall–Kier alpha value is -1.92. The van der Waals surface area contributed by atoms with E-state index in [-0.39, 0.29) is 5.91 Å². The van der Waals surface area contributed by atoms with Gasteiger partial charge in [-0.1, -0.05) is 39.3 Å². The van der Waals surface area contributed by atoms with Crippen molar-refractivity contribution in [3.63, 3.8) is 0 Å². The van der Waals surface area contributed by atoms with Crippen LogP contribution in [0.3, 0.4) is 0 Å². The van der Waals surface area contributed by atoms with Crippen LogP contribution in [-0.2, 0) is 6.54 Å². The molecule has 4 nitrogen and oxygen atoms in total. The number of aromatic nitrogens is 1. The lowest BCUT2D eigenvalue weighted by atomic mass is 10.1. The van der Waals surface area contributed by atoms with E-state index in [4.69, 9.17) is 4.52 Å². The minimum absolute atomic E-state index is 0.179. The average Bonchev–Trinajstić information content (AvgIpc) is 3.14. The van der Waals surface area contributed by atoms with Crippen molar-refractivity contribution < 1.29 is 9.32 Å². The summed E-state index contributed by atoms with van der Waals surface area (Å²) < 4.78 is 6.15. The van der Waals surface area contributed by atoms with E-state index in [0.717, 1.165) is 14.9 Å². The summed E-state index contributed by atoms with van der Waals surface area (Å²) in [6, 6.07) is 11.6. The largest absolute Gasteiger partial charge is 0.360 e. The summed E-state index contributed by atoms with van der Waals surface area (Å²) >= 11 is 5.04. The first kappa shape index (κ1) is 15.0. The second-order valence-corrected chi connectivity index (χ2v) is 6.68. The normalized spacial score (nSPS) is 10.6. The quantitative estimate of drug-likeness (QED) is 0.733. The van der Waals surface area contributed by atoms with E-state index in [0.29, 0.717) is 23.6 Å². The number of aryl methyl sites for hydroxylation is 1. The molecule has 0 saturated heterocycles. The number of thiophene rings is 1. The van der Waals surface area contributed by atoms with E-state index in [9.17, 15) is 4.79 Å². The van der Waals surface area contributed by atoms with Crippen molar-refractivity contribution in [1.29, 1.82) is 0 Å². The van der Waals surface area contributed by atoms with E-state index in [1.807, 2.05) is 41.8 Å². The van der Waals surface area contributed by atoms with Crippen molar-refractivity contribution in [2.24, 2.45) is 0 Å². The van der Waals surface area contributed by atoms with Gasteiger partial charge in [0, 0.05) is 14.9 Å². The Balaban J connectivity index is 1.87. The maximum Gasteiger partial charge on any atom is 0.257 e. The van der Waals surface area contributed by atoms with Gasteiger partial charge in [0.05, 0.1) is 6.54 Å². The van der Waals surface area contributed by atoms with Crippen LogP contribution in [0.4, 0.5) is 0 Å². The number of hydrogen-bond donors (Lipinski definition) is 1. The van der Waals surface area contributed by atoms with Gasteiger partial charge in [-0.05, 0) is 30.5 Å². The van der Waals surface area contributed by atoms with E-state index in [1.165, 1.54) is 0 Å². The molecule has 0 aliphatic carbocycles. The van der Waals surface area contributed by atoms with E-state index in [1.54, 1.807) is 18.3 Å². The van der Waals surface area contributed by atoms with Gasteiger partial charge in [0.15, 0.2) is 0 Å². The lowest BCUT2D eigenvalue weighted by molar-refractivity contribution is 0.0950. The standard InChI is InChI=1S/C16H13BrN2O2S/c1-10-14(16(20)18-9-13-6-3-7-22-13)15(19-21-10)11-4-2-5-12(17)8-11/h2-8H,9H2,1H3,(H,18,20). The first-order valence-corrected chi connectivity index (χ1v) is 8.35. The Morgan fingerprint density at radius 3 is 2.95 bits per heavy atom. The number of rotatable bonds is 4. The summed E-state index contributed by atoms with van der Waals surface area (Å²) in [5.74, 6) is 0.334. The summed E-state index contributed by atoms with van der Waals surface area (Å²) in [5.41, 5.74) is 1.88. The molecule has 0 aliphatic rings. The fraction of sp³-hybridized carbons (Fsp3) is 0.125. The van der Waals surface area contributed by atoms with Crippen molar-refractivity contribution in [3.8, 4) is 11.3 Å². The molecule has 3 aromatic rings. The molecule has 0 bridgehead atoms. The Bertz CT molecular complexity index is 796. The molecule has 22 heavy (non-hydrogen) atoms. The Morgan fingerprint density at radius 2 is 2.23 bits per heavy atom. The number of nitrogens with one attached hydrogen (secondary N) is 1. The molecule has 0 atom stereocenters. The fourth-order valence-corrected chi connectivity index (χ4v) is 3.19. The SMILES string of the molecule is Cc1onc(-c2cccc(Br)c2)c1C(=O)NCc1cccs1. The molecule has 0 saturated carbocycles. The third-order valence-electron chi connectivity index (χ3n) is 3.19. The van der Waals surface area contributed by atoms with Crippen molar-refractivity contribution >= 4 is 33.2 Å². The molecule has 2 heterocycles. The molecule has 0 aliphatic heterocycles. The molecule has 0 spiro atoms. The summed E-state index contributed by atoms with van der Waals surface area (Å²) in [7, 11) is 0. The molecule has 1 N–H and O–H groups in total. The zero-order chi connectivity index (χ0) is 15.5. The maximum absolute atomic E-state index is 12.5. The van der Waals surface area contributed by atoms with E-state index >= 15 is 0 Å². The highest BCUT2D eigenvalue weighted by Gasteiger charge is 2.21. The molecule has 1 amide bonds. The number of benzene rings is 1. The number of carbonyl (C=O) groups is 1. The highest BCUT2D eigenvalue weighted by molar-refractivity contribution is 9.10. The van der Waals surface area contributed by atoms with Crippen molar-refractivity contribution in [3.05, 3.63) is 62.5 Å². The van der Waals surface area contributed by atoms with Crippen LogP contribution < -0.4 is 5.32 Å². The van der Waals surface area contributed by atoms with Gasteiger partial charge in [-0.25, -0.2) is 0 Å². The topological polar surface area (TPSA) is 55.1 Å². The Labute approximate surface area is 140 Å². The van der Waals surface area contributed by atoms with Crippen molar-refractivity contribution in [1.82, 2.24) is 10.5 Å². The van der Waals surface area contributed by atoms with Gasteiger partial charge in [0.25, 0.3) is 5.91 Å². The molecular weight excluding hydrogens is 364 g/mol. The smallest absolute Gasteiger partial charge is 0.257 e. The third kappa shape index (κ3) is 3.13. The van der Waals surface area contributed by atoms with Gasteiger partial charge in [-0.15, -0.1) is 11.3 Å². The molecular formula is C16H13BrN2O2S. The van der Waals surface area contributed by atoms with Crippen LogP contribution in [0.2, 0.25) is 0 Å². The molecule has 112 valence electrons. The summed E-state index contributed by atoms with van der Waals surface area (Å²) in [4.78, 5) is 13.6. The molecule has 6 heteroatoms. The van der Waals surface area contributed by atoms with Crippen LogP contribution in [0.1, 0.15) is 21.0 Å². The number of carbonyl (C=O) groups excluding carboxylic acids is 1. The maximum atomic E-state index is 12.5. The molecule has 0 unspecified atom stereocenters. The van der Waals surface area contributed by atoms with Crippen LogP contribution in [0.25, 0.3) is 11.3 Å². The highest BCUT2D eigenvalue weighted by atomic mass is 79.9. The van der Waals surface area contributed by atoms with Crippen molar-refractivity contribution in [2.45, 2.75) is 13.5 Å². The number of nitrogens with zero attached hydrogens (tertiary/aromatic N) is 1. The lowest BCUT2D eigenvalue weighted by Crippen LogP contribution is -2.23. The Kier molecular flexibility index (Phi) is 4.40. The average molecular weight is 377 g/mol. The zero-order valence-electron chi connectivity index (χ0n) is 11.8. The molecule has 0 fully saturated rings. The zero-order valence-corrected chi connectivity index (χ0v) is 14.2.